The number of hydrogen-bond donors (Lipinski definition) is 1. The summed E-state index contributed by atoms with van der Waals surface area (Å²) < 4.78 is 1.02. The number of carboxylic acid groups (broad SMARTS) is 1. The third-order valence-corrected chi connectivity index (χ3v) is 6.94. The first-order valence-electron chi connectivity index (χ1n) is 11.8. The minimum absolute atomic E-state index is 0. The number of benzene rings is 3. The molecule has 0 fully saturated rings. The lowest BCUT2D eigenvalue weighted by atomic mass is 10.00. The van der Waals surface area contributed by atoms with Gasteiger partial charge in [-0.05, 0) is 71.3 Å². The monoisotopic (exact) mass is 607 g/mol. The van der Waals surface area contributed by atoms with Crippen molar-refractivity contribution in [1.82, 2.24) is 4.98 Å². The van der Waals surface area contributed by atoms with Crippen molar-refractivity contribution in [2.45, 2.75) is 6.54 Å². The summed E-state index contributed by atoms with van der Waals surface area (Å²) in [4.78, 5) is 22.7. The molecule has 1 aromatic heterocycles. The van der Waals surface area contributed by atoms with E-state index in [1.165, 1.54) is 0 Å². The molecule has 5 nitrogen and oxygen atoms in total. The fourth-order valence-corrected chi connectivity index (χ4v) is 4.95. The average Bonchev–Trinajstić information content (AvgIpc) is 3.06. The van der Waals surface area contributed by atoms with E-state index < -0.39 is 5.97 Å². The minimum atomic E-state index is -0.931. The van der Waals surface area contributed by atoms with Gasteiger partial charge in [0.2, 0.25) is 0 Å². The largest absolute Gasteiger partial charge is 0.478 e. The standard InChI is InChI=1S/C30H23BrClN3O2.ClH/c31-24-3-1-2-22(16-24)26-12-13-33-18-23(26)8-11-28-27-10-9-25(32)17-29(27)35(15-14-34-28)19-20-4-6-21(7-5-20)30(36)37;/h1-13,16-18H,14-15,19H2,(H,36,37);1H. The third kappa shape index (κ3) is 6.33. The number of rotatable bonds is 6. The maximum absolute atomic E-state index is 11.2. The second kappa shape index (κ2) is 12.4. The predicted octanol–water partition coefficient (Wildman–Crippen LogP) is 7.81. The van der Waals surface area contributed by atoms with Gasteiger partial charge in [-0.15, -0.1) is 12.4 Å². The zero-order chi connectivity index (χ0) is 25.8. The number of allylic oxidation sites excluding steroid dienone is 1. The lowest BCUT2D eigenvalue weighted by Crippen LogP contribution is -2.25. The number of carbonyl (C=O) groups is 1. The zero-order valence-corrected chi connectivity index (χ0v) is 23.4. The Kier molecular flexibility index (Phi) is 9.00. The lowest BCUT2D eigenvalue weighted by molar-refractivity contribution is 0.0697. The molecule has 5 rings (SSSR count). The van der Waals surface area contributed by atoms with Crippen LogP contribution in [0.3, 0.4) is 0 Å². The third-order valence-electron chi connectivity index (χ3n) is 6.21. The highest BCUT2D eigenvalue weighted by Crippen LogP contribution is 2.31. The number of halogens is 3. The topological polar surface area (TPSA) is 65.8 Å². The van der Waals surface area contributed by atoms with Crippen LogP contribution in [0, 0.1) is 0 Å². The van der Waals surface area contributed by atoms with Crippen molar-refractivity contribution in [3.05, 3.63) is 123 Å². The second-order valence-electron chi connectivity index (χ2n) is 8.66. The van der Waals surface area contributed by atoms with Crippen LogP contribution in [0.5, 0.6) is 0 Å². The molecule has 0 aliphatic carbocycles. The Morgan fingerprint density at radius 3 is 2.61 bits per heavy atom. The molecule has 0 saturated heterocycles. The van der Waals surface area contributed by atoms with E-state index in [9.17, 15) is 9.90 Å². The molecule has 0 atom stereocenters. The van der Waals surface area contributed by atoms with Gasteiger partial charge in [-0.2, -0.15) is 0 Å². The normalized spacial score (nSPS) is 12.9. The van der Waals surface area contributed by atoms with E-state index in [0.29, 0.717) is 24.7 Å². The number of aliphatic imine (C=N–C) groups is 1. The molecule has 38 heavy (non-hydrogen) atoms. The summed E-state index contributed by atoms with van der Waals surface area (Å²) in [7, 11) is 0. The quantitative estimate of drug-likeness (QED) is 0.242. The van der Waals surface area contributed by atoms with Gasteiger partial charge in [0.15, 0.2) is 0 Å². The maximum Gasteiger partial charge on any atom is 0.335 e. The van der Waals surface area contributed by atoms with Crippen molar-refractivity contribution < 1.29 is 9.90 Å². The van der Waals surface area contributed by atoms with E-state index in [1.54, 1.807) is 18.3 Å². The molecule has 0 saturated carbocycles. The van der Waals surface area contributed by atoms with Crippen LogP contribution in [0.4, 0.5) is 5.69 Å². The summed E-state index contributed by atoms with van der Waals surface area (Å²) in [6.45, 7) is 1.95. The Labute approximate surface area is 241 Å². The van der Waals surface area contributed by atoms with Crippen LogP contribution in [0.1, 0.15) is 27.0 Å². The van der Waals surface area contributed by atoms with E-state index >= 15 is 0 Å². The van der Waals surface area contributed by atoms with Crippen LogP contribution in [0.15, 0.2) is 101 Å². The second-order valence-corrected chi connectivity index (χ2v) is 10.0. The molecule has 1 N–H and O–H groups in total. The first-order valence-corrected chi connectivity index (χ1v) is 12.9. The van der Waals surface area contributed by atoms with Crippen molar-refractivity contribution in [3.63, 3.8) is 0 Å². The fourth-order valence-electron chi connectivity index (χ4n) is 4.39. The minimum Gasteiger partial charge on any atom is -0.478 e. The van der Waals surface area contributed by atoms with Crippen LogP contribution in [0.25, 0.3) is 17.2 Å². The van der Waals surface area contributed by atoms with Crippen LogP contribution in [-0.2, 0) is 6.54 Å². The van der Waals surface area contributed by atoms with E-state index in [2.05, 4.69) is 44.0 Å². The van der Waals surface area contributed by atoms with Crippen molar-refractivity contribution in [1.29, 1.82) is 0 Å². The zero-order valence-electron chi connectivity index (χ0n) is 20.2. The number of aromatic carboxylic acids is 1. The van der Waals surface area contributed by atoms with Gasteiger partial charge in [-0.25, -0.2) is 4.79 Å². The van der Waals surface area contributed by atoms with Gasteiger partial charge in [0.05, 0.1) is 17.8 Å². The van der Waals surface area contributed by atoms with Crippen molar-refractivity contribution in [2.24, 2.45) is 4.99 Å². The molecule has 0 radical (unpaired) electrons. The molecular weight excluding hydrogens is 585 g/mol. The first kappa shape index (κ1) is 27.6. The molecule has 0 bridgehead atoms. The van der Waals surface area contributed by atoms with Gasteiger partial charge >= 0.3 is 5.97 Å². The summed E-state index contributed by atoms with van der Waals surface area (Å²) in [5, 5.41) is 9.85. The molecule has 2 heterocycles. The molecule has 1 aliphatic heterocycles. The molecule has 192 valence electrons. The summed E-state index contributed by atoms with van der Waals surface area (Å²) in [5.41, 5.74) is 7.34. The molecule has 3 aromatic carbocycles. The number of nitrogens with zero attached hydrogens (tertiary/aromatic N) is 3. The number of aromatic nitrogens is 1. The average molecular weight is 609 g/mol. The highest BCUT2D eigenvalue weighted by molar-refractivity contribution is 9.10. The number of hydrogen-bond acceptors (Lipinski definition) is 4. The van der Waals surface area contributed by atoms with Crippen LogP contribution in [-0.4, -0.2) is 34.9 Å². The van der Waals surface area contributed by atoms with E-state index in [-0.39, 0.29) is 18.0 Å². The van der Waals surface area contributed by atoms with Crippen molar-refractivity contribution in [3.8, 4) is 11.1 Å². The van der Waals surface area contributed by atoms with Crippen LogP contribution >= 0.6 is 39.9 Å². The molecule has 8 heteroatoms. The van der Waals surface area contributed by atoms with Gasteiger partial charge < -0.3 is 10.0 Å². The van der Waals surface area contributed by atoms with Crippen LogP contribution in [0.2, 0.25) is 5.02 Å². The predicted molar refractivity (Wildman–Crippen MR) is 161 cm³/mol. The van der Waals surface area contributed by atoms with Gasteiger partial charge in [0.1, 0.15) is 0 Å². The number of benzodiazepines with no additional fused rings is 1. The number of anilines is 1. The van der Waals surface area contributed by atoms with Crippen molar-refractivity contribution in [2.75, 3.05) is 18.0 Å². The molecule has 1 aliphatic rings. The fraction of sp³-hybridized carbons (Fsp3) is 0.100. The summed E-state index contributed by atoms with van der Waals surface area (Å²) in [6.07, 6.45) is 7.76. The highest BCUT2D eigenvalue weighted by Gasteiger charge is 2.19. The maximum atomic E-state index is 11.2. The van der Waals surface area contributed by atoms with Crippen molar-refractivity contribution >= 4 is 63.4 Å². The Morgan fingerprint density at radius 1 is 1.03 bits per heavy atom. The highest BCUT2D eigenvalue weighted by atomic mass is 79.9. The lowest BCUT2D eigenvalue weighted by Gasteiger charge is -2.25. The molecule has 0 spiro atoms. The molecule has 0 amide bonds. The summed E-state index contributed by atoms with van der Waals surface area (Å²) in [5.74, 6) is -0.931. The van der Waals surface area contributed by atoms with Gasteiger partial charge in [0, 0.05) is 51.8 Å². The molecular formula is C30H24BrCl2N3O2. The Morgan fingerprint density at radius 2 is 1.84 bits per heavy atom. The Balaban J connectivity index is 0.00000336. The van der Waals surface area contributed by atoms with Crippen LogP contribution < -0.4 is 4.90 Å². The van der Waals surface area contributed by atoms with Gasteiger partial charge in [-0.1, -0.05) is 57.9 Å². The number of fused-ring (bicyclic) bond motifs is 1. The molecule has 0 unspecified atom stereocenters. The van der Waals surface area contributed by atoms with E-state index in [4.69, 9.17) is 16.6 Å². The van der Waals surface area contributed by atoms with Gasteiger partial charge in [-0.3, -0.25) is 9.98 Å². The Bertz CT molecular complexity index is 1520. The molecule has 4 aromatic rings. The summed E-state index contributed by atoms with van der Waals surface area (Å²) >= 11 is 9.98. The number of carboxylic acids is 1. The number of pyridine rings is 1. The van der Waals surface area contributed by atoms with E-state index in [1.807, 2.05) is 60.8 Å². The summed E-state index contributed by atoms with van der Waals surface area (Å²) in [6, 6.07) is 23.0. The first-order chi connectivity index (χ1) is 18.0. The SMILES string of the molecule is Cl.O=C(O)c1ccc(CN2CCN=C(C=Cc3cnccc3-c3cccc(Br)c3)c3ccc(Cl)cc32)cc1. The van der Waals surface area contributed by atoms with E-state index in [0.717, 1.165) is 43.7 Å². The smallest absolute Gasteiger partial charge is 0.335 e. The Hall–Kier alpha value is -3.45. The van der Waals surface area contributed by atoms with Gasteiger partial charge in [0.25, 0.3) is 0 Å².